The van der Waals surface area contributed by atoms with Gasteiger partial charge in [0.25, 0.3) is 40.5 Å². The van der Waals surface area contributed by atoms with Crippen molar-refractivity contribution in [2.24, 2.45) is 0 Å². The Morgan fingerprint density at radius 1 is 0.430 bits per heavy atom. The van der Waals surface area contributed by atoms with E-state index >= 15 is 0 Å². The summed E-state index contributed by atoms with van der Waals surface area (Å²) in [6, 6.07) is 9.76. The topological polar surface area (TPSA) is 545 Å². The second kappa shape index (κ2) is 29.3. The zero-order valence-corrected chi connectivity index (χ0v) is 55.6. The summed E-state index contributed by atoms with van der Waals surface area (Å²) in [7, 11) is -31.2. The summed E-state index contributed by atoms with van der Waals surface area (Å²) < 4.78 is 213. The van der Waals surface area contributed by atoms with Crippen LogP contribution in [0.15, 0.2) is 102 Å². The molecule has 42 heteroatoms. The molecule has 0 aliphatic carbocycles. The van der Waals surface area contributed by atoms with Crippen LogP contribution in [0.1, 0.15) is 38.8 Å². The van der Waals surface area contributed by atoms with Gasteiger partial charge in [0.05, 0.1) is 55.4 Å². The number of hydrogen-bond acceptors (Lipinski definition) is 30. The van der Waals surface area contributed by atoms with E-state index in [4.69, 9.17) is 0 Å². The van der Waals surface area contributed by atoms with E-state index in [0.29, 0.717) is 36.4 Å². The number of hydrogen-bond donors (Lipinski definition) is 12. The first-order chi connectivity index (χ1) is 38.6. The van der Waals surface area contributed by atoms with Gasteiger partial charge in [-0.1, -0.05) is 24.3 Å². The van der Waals surface area contributed by atoms with Crippen LogP contribution in [0.25, 0.3) is 12.2 Å². The number of nitrogens with zero attached hydrogens (tertiary/aromatic N) is 8. The Morgan fingerprint density at radius 3 is 0.977 bits per heavy atom. The molecule has 2 aromatic heterocycles. The van der Waals surface area contributed by atoms with Crippen LogP contribution in [-0.4, -0.2) is 179 Å². The zero-order chi connectivity index (χ0) is 62.7. The van der Waals surface area contributed by atoms with Gasteiger partial charge in [0.15, 0.2) is 0 Å². The number of aliphatic hydroxyl groups excluding tert-OH is 4. The Morgan fingerprint density at radius 2 is 0.721 bits per heavy atom. The van der Waals surface area contributed by atoms with E-state index in [2.05, 4.69) is 51.2 Å². The van der Waals surface area contributed by atoms with Crippen molar-refractivity contribution in [2.45, 2.75) is 81.5 Å². The maximum Gasteiger partial charge on any atom is 1.00 e. The summed E-state index contributed by atoms with van der Waals surface area (Å²) in [4.78, 5) is 21.9. The molecule has 0 aliphatic heterocycles. The largest absolute Gasteiger partial charge is 1.00 e. The standard InChI is InChI=1S/C44H52N12O22S6.K.Na/c1-23(57)19-55(20-24(2)58)43-51-39(49-41(53-43)47-33-17-31(79(61,62)63)11-13-35(33)81(67,68)69)45-29-9-7-27(37(15-29)83(73,74)75)5-6-28-8-10-30(16-38(28)84(76,77)78)46-40-50-42(54-44(52-40)56(21-25(3)59)22-26(4)60)48-34-18-32(80(64,65)66)12-14-36(34)82(70,71)72;;/h5-18,23-26,57-60H,19-22H2,1-4H3,(H,61,62,63)(H,64,65,66)(H,67,68,69)(H,70,71,72)(H,73,74,75)(H,76,77,78)(H2,45,47,49,51,53)(H2,46,48,50,52,54);;/q;2*+1/p-2. The maximum absolute atomic E-state index is 12.9. The fraction of sp³-hybridized carbons (Fsp3) is 0.273. The summed E-state index contributed by atoms with van der Waals surface area (Å²) in [6.45, 7) is 4.39. The molecule has 0 spiro atoms. The van der Waals surface area contributed by atoms with Gasteiger partial charge in [0, 0.05) is 37.6 Å². The van der Waals surface area contributed by atoms with Crippen LogP contribution in [0.2, 0.25) is 0 Å². The molecule has 0 aliphatic rings. The Kier molecular flexibility index (Phi) is 25.2. The maximum atomic E-state index is 12.9. The van der Waals surface area contributed by atoms with E-state index in [0.717, 1.165) is 36.4 Å². The van der Waals surface area contributed by atoms with Gasteiger partial charge in [-0.3, -0.25) is 18.2 Å². The number of aromatic nitrogens is 6. The number of aliphatic hydroxyl groups is 4. The molecule has 6 rings (SSSR count). The average Bonchev–Trinajstić information content (AvgIpc) is 1.00. The molecule has 4 atom stereocenters. The molecule has 6 aromatic rings. The second-order valence-electron chi connectivity index (χ2n) is 18.2. The van der Waals surface area contributed by atoms with Gasteiger partial charge in [-0.2, -0.15) is 63.6 Å². The first-order valence-corrected chi connectivity index (χ1v) is 32.1. The molecule has 2 heterocycles. The summed E-state index contributed by atoms with van der Waals surface area (Å²) in [5, 5.41) is 51.1. The molecule has 34 nitrogen and oxygen atoms in total. The van der Waals surface area contributed by atoms with E-state index in [9.17, 15) is 98.2 Å². The predicted molar refractivity (Wildman–Crippen MR) is 294 cm³/mol. The number of rotatable bonds is 26. The Hall–Kier alpha value is -4.62. The third-order valence-electron chi connectivity index (χ3n) is 10.8. The molecule has 12 N–H and O–H groups in total. The van der Waals surface area contributed by atoms with Crippen LogP contribution in [0.5, 0.6) is 0 Å². The van der Waals surface area contributed by atoms with Gasteiger partial charge in [0.2, 0.25) is 35.7 Å². The summed E-state index contributed by atoms with van der Waals surface area (Å²) in [6.07, 6.45) is -2.45. The Balaban J connectivity index is 0.00000792. The van der Waals surface area contributed by atoms with Crippen LogP contribution >= 0.6 is 0 Å². The first kappa shape index (κ1) is 73.8. The quantitative estimate of drug-likeness (QED) is 0.0138. The Labute approximate surface area is 556 Å². The van der Waals surface area contributed by atoms with Crippen LogP contribution in [0, 0.1) is 0 Å². The third kappa shape index (κ3) is 21.0. The molecule has 4 aromatic carbocycles. The van der Waals surface area contributed by atoms with Gasteiger partial charge in [-0.05, 0) is 99.5 Å². The SMILES string of the molecule is CC(O)CN(CC(C)O)c1nc(Nc2ccc(C=Cc3ccc(Nc4nc(Nc5cc(S(=O)(=O)O)ccc5S(=O)(=O)[O-])nc(N(CC(C)O)CC(C)O)n4)cc3S(=O)(=O)O)c(S(=O)(=O)O)c2)nc(Nc2cc(S(=O)(=O)O)ccc2S(=O)(=O)[O-])n1.[K+].[Na+]. The van der Waals surface area contributed by atoms with E-state index in [1.165, 1.54) is 49.6 Å². The molecule has 0 saturated heterocycles. The van der Waals surface area contributed by atoms with E-state index in [1.54, 1.807) is 0 Å². The van der Waals surface area contributed by atoms with Crippen LogP contribution in [0.4, 0.5) is 58.4 Å². The molecule has 0 radical (unpaired) electrons. The molecular weight excluding hydrogens is 1300 g/mol. The van der Waals surface area contributed by atoms with Gasteiger partial charge in [-0.25, -0.2) is 16.8 Å². The minimum Gasteiger partial charge on any atom is -0.744 e. The monoisotopic (exact) mass is 1350 g/mol. The zero-order valence-electron chi connectivity index (χ0n) is 45.5. The average molecular weight is 1350 g/mol. The minimum absolute atomic E-state index is 0. The van der Waals surface area contributed by atoms with Gasteiger partial charge >= 0.3 is 80.9 Å². The summed E-state index contributed by atoms with van der Waals surface area (Å²) in [5.41, 5.74) is -2.64. The number of anilines is 10. The van der Waals surface area contributed by atoms with Crippen LogP contribution < -0.4 is 112 Å². The van der Waals surface area contributed by atoms with E-state index in [-0.39, 0.29) is 142 Å². The smallest absolute Gasteiger partial charge is 0.744 e. The van der Waals surface area contributed by atoms with Crippen LogP contribution in [-0.2, 0) is 60.7 Å². The first-order valence-electron chi connectivity index (χ1n) is 23.5. The van der Waals surface area contributed by atoms with Crippen molar-refractivity contribution in [2.75, 3.05) is 57.2 Å². The fourth-order valence-electron chi connectivity index (χ4n) is 7.58. The molecule has 456 valence electrons. The van der Waals surface area contributed by atoms with Gasteiger partial charge in [0.1, 0.15) is 30.0 Å². The Bertz CT molecular complexity index is 3940. The molecule has 86 heavy (non-hydrogen) atoms. The van der Waals surface area contributed by atoms with Crippen molar-refractivity contribution < 1.29 is 179 Å². The molecule has 0 fully saturated rings. The van der Waals surface area contributed by atoms with E-state index in [1.807, 2.05) is 0 Å². The predicted octanol–water partition coefficient (Wildman–Crippen LogP) is -4.86. The fourth-order valence-corrected chi connectivity index (χ4v) is 11.2. The number of nitrogens with one attached hydrogen (secondary N) is 4. The van der Waals surface area contributed by atoms with Crippen molar-refractivity contribution in [3.63, 3.8) is 0 Å². The second-order valence-corrected chi connectivity index (χ2v) is 26.6. The van der Waals surface area contributed by atoms with Crippen molar-refractivity contribution in [3.8, 4) is 0 Å². The van der Waals surface area contributed by atoms with Crippen molar-refractivity contribution in [3.05, 3.63) is 83.9 Å². The van der Waals surface area contributed by atoms with Crippen molar-refractivity contribution in [1.29, 1.82) is 0 Å². The number of benzene rings is 4. The molecule has 4 unspecified atom stereocenters. The molecule has 0 saturated carbocycles. The van der Waals surface area contributed by atoms with Crippen LogP contribution in [0.3, 0.4) is 0 Å². The van der Waals surface area contributed by atoms with E-state index < -0.39 is 150 Å². The van der Waals surface area contributed by atoms with Crippen molar-refractivity contribution in [1.82, 2.24) is 29.9 Å². The van der Waals surface area contributed by atoms with Gasteiger partial charge in [-0.15, -0.1) is 0 Å². The van der Waals surface area contributed by atoms with Crippen molar-refractivity contribution >= 4 is 131 Å². The third-order valence-corrected chi connectivity index (χ3v) is 16.1. The summed E-state index contributed by atoms with van der Waals surface area (Å²) >= 11 is 0. The molecule has 0 amide bonds. The molecular formula is C44H50KN12NaO22S6. The summed E-state index contributed by atoms with van der Waals surface area (Å²) in [5.74, 6) is -3.08. The minimum atomic E-state index is -5.37. The van der Waals surface area contributed by atoms with Gasteiger partial charge < -0.3 is 60.6 Å². The normalized spacial score (nSPS) is 13.8. The molecule has 0 bridgehead atoms.